The molecule has 2 aromatic rings. The number of benzene rings is 2. The van der Waals surface area contributed by atoms with Crippen molar-refractivity contribution in [1.82, 2.24) is 0 Å². The van der Waals surface area contributed by atoms with Gasteiger partial charge >= 0.3 is 0 Å². The molecule has 30 heavy (non-hydrogen) atoms. The van der Waals surface area contributed by atoms with E-state index in [0.29, 0.717) is 21.7 Å². The summed E-state index contributed by atoms with van der Waals surface area (Å²) in [6, 6.07) is 16.1. The van der Waals surface area contributed by atoms with Crippen LogP contribution >= 0.6 is 11.6 Å². The molecule has 0 radical (unpaired) electrons. The van der Waals surface area contributed by atoms with Gasteiger partial charge in [-0.15, -0.1) is 0 Å². The van der Waals surface area contributed by atoms with Gasteiger partial charge in [-0.2, -0.15) is 13.7 Å². The van der Waals surface area contributed by atoms with Crippen LogP contribution in [0.4, 0.5) is 0 Å². The third kappa shape index (κ3) is 3.63. The lowest BCUT2D eigenvalue weighted by Crippen LogP contribution is -2.45. The van der Waals surface area contributed by atoms with Crippen molar-refractivity contribution in [3.63, 3.8) is 0 Å². The Morgan fingerprint density at radius 1 is 1.23 bits per heavy atom. The number of hydrogen-bond donors (Lipinski definition) is 1. The number of rotatable bonds is 4. The molecule has 2 unspecified atom stereocenters. The average molecular weight is 440 g/mol. The van der Waals surface area contributed by atoms with Crippen LogP contribution < -0.4 is 0 Å². The minimum absolute atomic E-state index is 0.414. The Bertz CT molecular complexity index is 1220. The Kier molecular flexibility index (Phi) is 6.05. The van der Waals surface area contributed by atoms with E-state index in [1.54, 1.807) is 68.5 Å². The number of allylic oxidation sites excluding steroid dienone is 4. The zero-order valence-corrected chi connectivity index (χ0v) is 18.5. The molecule has 0 aromatic heterocycles. The van der Waals surface area contributed by atoms with Gasteiger partial charge in [0.2, 0.25) is 0 Å². The first kappa shape index (κ1) is 22.0. The van der Waals surface area contributed by atoms with Crippen molar-refractivity contribution in [2.45, 2.75) is 31.4 Å². The van der Waals surface area contributed by atoms with E-state index in [1.807, 2.05) is 19.1 Å². The second-order valence-electron chi connectivity index (χ2n) is 7.35. The van der Waals surface area contributed by atoms with E-state index in [0.717, 1.165) is 16.7 Å². The molecule has 0 saturated heterocycles. The number of nitrogens with zero attached hydrogens (tertiary/aromatic N) is 1. The lowest BCUT2D eigenvalue weighted by Gasteiger charge is -2.41. The third-order valence-corrected chi connectivity index (χ3v) is 7.50. The summed E-state index contributed by atoms with van der Waals surface area (Å²) >= 11 is 6.07. The maximum atomic E-state index is 12.9. The van der Waals surface area contributed by atoms with Gasteiger partial charge in [-0.25, -0.2) is 0 Å². The molecule has 0 bridgehead atoms. The predicted octanol–water partition coefficient (Wildman–Crippen LogP) is 5.93. The molecular formula is C24H22ClNO3S. The van der Waals surface area contributed by atoms with Gasteiger partial charge in [0.05, 0.1) is 11.6 Å². The fourth-order valence-corrected chi connectivity index (χ4v) is 5.57. The highest BCUT2D eigenvalue weighted by Gasteiger charge is 2.53. The first-order chi connectivity index (χ1) is 14.2. The van der Waals surface area contributed by atoms with E-state index in [4.69, 9.17) is 11.6 Å². The van der Waals surface area contributed by atoms with Crippen molar-refractivity contribution >= 4 is 27.3 Å². The molecule has 6 heteroatoms. The summed E-state index contributed by atoms with van der Waals surface area (Å²) < 4.78 is 34.7. The van der Waals surface area contributed by atoms with Crippen LogP contribution in [0.1, 0.15) is 43.4 Å². The van der Waals surface area contributed by atoms with Gasteiger partial charge < -0.3 is 0 Å². The minimum atomic E-state index is -4.59. The molecule has 0 saturated carbocycles. The number of halogens is 1. The summed E-state index contributed by atoms with van der Waals surface area (Å²) in [4.78, 5) is 0. The van der Waals surface area contributed by atoms with Crippen molar-refractivity contribution in [2.24, 2.45) is 0 Å². The first-order valence-corrected chi connectivity index (χ1v) is 11.2. The van der Waals surface area contributed by atoms with E-state index >= 15 is 0 Å². The van der Waals surface area contributed by atoms with Crippen LogP contribution in [0, 0.1) is 11.3 Å². The summed E-state index contributed by atoms with van der Waals surface area (Å²) in [5.41, 5.74) is 3.95. The lowest BCUT2D eigenvalue weighted by atomic mass is 9.69. The molecule has 1 aliphatic rings. The van der Waals surface area contributed by atoms with Gasteiger partial charge in [0.25, 0.3) is 10.1 Å². The van der Waals surface area contributed by atoms with Gasteiger partial charge in [0.15, 0.2) is 0 Å². The van der Waals surface area contributed by atoms with Gasteiger partial charge in [0, 0.05) is 10.9 Å². The molecule has 0 aliphatic heterocycles. The minimum Gasteiger partial charge on any atom is -0.285 e. The van der Waals surface area contributed by atoms with E-state index in [1.165, 1.54) is 0 Å². The van der Waals surface area contributed by atoms with E-state index < -0.39 is 20.8 Å². The van der Waals surface area contributed by atoms with Crippen LogP contribution in [0.15, 0.2) is 77.9 Å². The van der Waals surface area contributed by atoms with Crippen LogP contribution in [0.2, 0.25) is 5.02 Å². The van der Waals surface area contributed by atoms with Crippen molar-refractivity contribution < 1.29 is 13.0 Å². The lowest BCUT2D eigenvalue weighted by molar-refractivity contribution is 0.449. The Labute approximate surface area is 182 Å². The molecule has 154 valence electrons. The van der Waals surface area contributed by atoms with Gasteiger partial charge in [-0.05, 0) is 72.9 Å². The van der Waals surface area contributed by atoms with Gasteiger partial charge in [0.1, 0.15) is 4.75 Å². The van der Waals surface area contributed by atoms with Gasteiger partial charge in [-0.3, -0.25) is 4.55 Å². The van der Waals surface area contributed by atoms with Crippen molar-refractivity contribution in [2.75, 3.05) is 0 Å². The Balaban J connectivity index is 2.44. The summed E-state index contributed by atoms with van der Waals surface area (Å²) in [5, 5.41) is 9.97. The Morgan fingerprint density at radius 3 is 2.47 bits per heavy atom. The topological polar surface area (TPSA) is 78.2 Å². The van der Waals surface area contributed by atoms with Crippen LogP contribution in [0.5, 0.6) is 0 Å². The standard InChI is InChI=1S/C24H22ClNO3S/c1-4-17(3)24(30(27,28)29)13-12-16(2)22(19-8-10-21(25)11-9-19)23(24)20-7-5-6-18(14-20)15-26/h4-14,23H,1-3H3,(H,27,28,29)/b17-4-. The predicted molar refractivity (Wildman–Crippen MR) is 121 cm³/mol. The molecule has 1 N–H and O–H groups in total. The quantitative estimate of drug-likeness (QED) is 0.473. The molecule has 4 nitrogen and oxygen atoms in total. The molecule has 2 atom stereocenters. The first-order valence-electron chi connectivity index (χ1n) is 9.42. The number of hydrogen-bond acceptors (Lipinski definition) is 3. The molecule has 2 aromatic carbocycles. The molecular weight excluding hydrogens is 418 g/mol. The van der Waals surface area contributed by atoms with E-state index in [2.05, 4.69) is 6.07 Å². The molecule has 0 spiro atoms. The average Bonchev–Trinajstić information content (AvgIpc) is 2.73. The highest BCUT2D eigenvalue weighted by molar-refractivity contribution is 7.87. The Hall–Kier alpha value is -2.65. The molecule has 1 aliphatic carbocycles. The third-order valence-electron chi connectivity index (χ3n) is 5.70. The zero-order valence-electron chi connectivity index (χ0n) is 16.9. The van der Waals surface area contributed by atoms with Crippen LogP contribution in [0.3, 0.4) is 0 Å². The maximum absolute atomic E-state index is 12.9. The molecule has 0 amide bonds. The van der Waals surface area contributed by atoms with Crippen molar-refractivity contribution in [3.8, 4) is 6.07 Å². The summed E-state index contributed by atoms with van der Waals surface area (Å²) in [7, 11) is -4.59. The van der Waals surface area contributed by atoms with E-state index in [-0.39, 0.29) is 0 Å². The van der Waals surface area contributed by atoms with Crippen molar-refractivity contribution in [1.29, 1.82) is 5.26 Å². The maximum Gasteiger partial charge on any atom is 0.279 e. The van der Waals surface area contributed by atoms with Crippen molar-refractivity contribution in [3.05, 3.63) is 99.6 Å². The molecule has 3 rings (SSSR count). The fourth-order valence-electron chi connectivity index (χ4n) is 4.13. The summed E-state index contributed by atoms with van der Waals surface area (Å²) in [6.45, 7) is 5.34. The van der Waals surface area contributed by atoms with Crippen LogP contribution in [-0.2, 0) is 10.1 Å². The summed E-state index contributed by atoms with van der Waals surface area (Å²) in [5.74, 6) is -0.761. The fraction of sp³-hybridized carbons (Fsp3) is 0.208. The second-order valence-corrected chi connectivity index (χ2v) is 9.41. The smallest absolute Gasteiger partial charge is 0.279 e. The highest BCUT2D eigenvalue weighted by atomic mass is 35.5. The SMILES string of the molecule is C/C=C(/C)C1(S(=O)(=O)O)C=CC(C)=C(c2ccc(Cl)cc2)C1c1cccc(C#N)c1. The van der Waals surface area contributed by atoms with E-state index in [9.17, 15) is 18.2 Å². The Morgan fingerprint density at radius 2 is 1.90 bits per heavy atom. The molecule has 0 fully saturated rings. The largest absolute Gasteiger partial charge is 0.285 e. The molecule has 0 heterocycles. The number of nitriles is 1. The van der Waals surface area contributed by atoms with Crippen LogP contribution in [0.25, 0.3) is 5.57 Å². The van der Waals surface area contributed by atoms with Crippen LogP contribution in [-0.4, -0.2) is 17.7 Å². The monoisotopic (exact) mass is 439 g/mol. The normalized spacial score (nSPS) is 22.1. The highest BCUT2D eigenvalue weighted by Crippen LogP contribution is 2.52. The van der Waals surface area contributed by atoms with Gasteiger partial charge in [-0.1, -0.05) is 54.1 Å². The zero-order chi connectivity index (χ0) is 22.1. The second kappa shape index (κ2) is 8.23. The summed E-state index contributed by atoms with van der Waals surface area (Å²) in [6.07, 6.45) is 4.98.